The van der Waals surface area contributed by atoms with Gasteiger partial charge in [0, 0.05) is 36.2 Å². The van der Waals surface area contributed by atoms with E-state index in [0.29, 0.717) is 5.92 Å². The van der Waals surface area contributed by atoms with E-state index in [2.05, 4.69) is 41.9 Å². The van der Waals surface area contributed by atoms with Gasteiger partial charge in [0.15, 0.2) is 0 Å². The van der Waals surface area contributed by atoms with Gasteiger partial charge in [-0.1, -0.05) is 13.8 Å². The molecule has 0 unspecified atom stereocenters. The first-order valence-electron chi connectivity index (χ1n) is 7.21. The SMILES string of the molecule is CCOc1ccc2c(c1)c(C(C)C)c1n2CCNC1. The normalized spacial score (nSPS) is 14.9. The first-order valence-corrected chi connectivity index (χ1v) is 7.21. The van der Waals surface area contributed by atoms with Gasteiger partial charge in [-0.05, 0) is 36.6 Å². The Morgan fingerprint density at radius 1 is 1.37 bits per heavy atom. The second-order valence-electron chi connectivity index (χ2n) is 5.46. The van der Waals surface area contributed by atoms with Crippen LogP contribution < -0.4 is 10.1 Å². The standard InChI is InChI=1S/C16H22N2O/c1-4-19-12-5-6-14-13(9-12)16(11(2)3)15-10-17-7-8-18(14)15/h5-6,9,11,17H,4,7-8,10H2,1-3H3. The molecule has 1 aromatic carbocycles. The zero-order valence-electron chi connectivity index (χ0n) is 12.0. The maximum absolute atomic E-state index is 5.66. The zero-order valence-corrected chi connectivity index (χ0v) is 12.0. The van der Waals surface area contributed by atoms with Crippen LogP contribution in [0.5, 0.6) is 5.75 Å². The molecule has 19 heavy (non-hydrogen) atoms. The van der Waals surface area contributed by atoms with Crippen molar-refractivity contribution in [2.75, 3.05) is 13.2 Å². The van der Waals surface area contributed by atoms with Crippen molar-refractivity contribution >= 4 is 10.9 Å². The number of ether oxygens (including phenoxy) is 1. The molecule has 0 atom stereocenters. The highest BCUT2D eigenvalue weighted by atomic mass is 16.5. The summed E-state index contributed by atoms with van der Waals surface area (Å²) < 4.78 is 8.12. The van der Waals surface area contributed by atoms with Gasteiger partial charge in [0.25, 0.3) is 0 Å². The van der Waals surface area contributed by atoms with Crippen LogP contribution in [0, 0.1) is 0 Å². The summed E-state index contributed by atoms with van der Waals surface area (Å²) >= 11 is 0. The van der Waals surface area contributed by atoms with Crippen molar-refractivity contribution in [3.05, 3.63) is 29.5 Å². The maximum Gasteiger partial charge on any atom is 0.120 e. The Bertz CT molecular complexity index is 598. The molecule has 0 saturated carbocycles. The molecule has 0 spiro atoms. The van der Waals surface area contributed by atoms with Crippen LogP contribution in [0.15, 0.2) is 18.2 Å². The molecule has 1 N–H and O–H groups in total. The lowest BCUT2D eigenvalue weighted by Gasteiger charge is -2.19. The van der Waals surface area contributed by atoms with Gasteiger partial charge in [0.2, 0.25) is 0 Å². The fourth-order valence-electron chi connectivity index (χ4n) is 3.16. The topological polar surface area (TPSA) is 26.2 Å². The van der Waals surface area contributed by atoms with Crippen molar-refractivity contribution in [3.8, 4) is 5.75 Å². The van der Waals surface area contributed by atoms with Crippen molar-refractivity contribution in [3.63, 3.8) is 0 Å². The summed E-state index contributed by atoms with van der Waals surface area (Å²) in [7, 11) is 0. The van der Waals surface area contributed by atoms with Crippen LogP contribution in [-0.2, 0) is 13.1 Å². The Morgan fingerprint density at radius 3 is 2.95 bits per heavy atom. The molecule has 0 bridgehead atoms. The van der Waals surface area contributed by atoms with Crippen molar-refractivity contribution in [1.82, 2.24) is 9.88 Å². The number of rotatable bonds is 3. The first-order chi connectivity index (χ1) is 9.22. The van der Waals surface area contributed by atoms with Crippen LogP contribution in [0.3, 0.4) is 0 Å². The van der Waals surface area contributed by atoms with Gasteiger partial charge in [0.05, 0.1) is 6.61 Å². The van der Waals surface area contributed by atoms with Gasteiger partial charge >= 0.3 is 0 Å². The van der Waals surface area contributed by atoms with Gasteiger partial charge < -0.3 is 14.6 Å². The van der Waals surface area contributed by atoms with Crippen molar-refractivity contribution < 1.29 is 4.74 Å². The fraction of sp³-hybridized carbons (Fsp3) is 0.500. The Hall–Kier alpha value is -1.48. The van der Waals surface area contributed by atoms with Gasteiger partial charge in [-0.25, -0.2) is 0 Å². The lowest BCUT2D eigenvalue weighted by Crippen LogP contribution is -2.28. The van der Waals surface area contributed by atoms with Gasteiger partial charge in [-0.15, -0.1) is 0 Å². The van der Waals surface area contributed by atoms with Crippen molar-refractivity contribution in [2.24, 2.45) is 0 Å². The molecular weight excluding hydrogens is 236 g/mol. The van der Waals surface area contributed by atoms with E-state index in [1.54, 1.807) is 0 Å². The average molecular weight is 258 g/mol. The number of hydrogen-bond acceptors (Lipinski definition) is 2. The number of aromatic nitrogens is 1. The lowest BCUT2D eigenvalue weighted by atomic mass is 9.99. The highest BCUT2D eigenvalue weighted by molar-refractivity contribution is 5.87. The molecule has 1 aromatic heterocycles. The summed E-state index contributed by atoms with van der Waals surface area (Å²) in [5.74, 6) is 1.52. The second kappa shape index (κ2) is 4.89. The monoisotopic (exact) mass is 258 g/mol. The Labute approximate surface area is 114 Å². The third kappa shape index (κ3) is 2.02. The molecular formula is C16H22N2O. The van der Waals surface area contributed by atoms with Gasteiger partial charge in [-0.2, -0.15) is 0 Å². The molecule has 3 rings (SSSR count). The van der Waals surface area contributed by atoms with E-state index in [9.17, 15) is 0 Å². The van der Waals surface area contributed by atoms with Crippen molar-refractivity contribution in [2.45, 2.75) is 39.8 Å². The van der Waals surface area contributed by atoms with E-state index in [-0.39, 0.29) is 0 Å². The Kier molecular flexibility index (Phi) is 3.23. The molecule has 0 radical (unpaired) electrons. The summed E-state index contributed by atoms with van der Waals surface area (Å²) in [4.78, 5) is 0. The molecule has 2 aromatic rings. The van der Waals surface area contributed by atoms with Crippen LogP contribution in [0.25, 0.3) is 10.9 Å². The molecule has 3 nitrogen and oxygen atoms in total. The van der Waals surface area contributed by atoms with Crippen molar-refractivity contribution in [1.29, 1.82) is 0 Å². The van der Waals surface area contributed by atoms with E-state index in [0.717, 1.165) is 32.0 Å². The van der Waals surface area contributed by atoms with E-state index < -0.39 is 0 Å². The lowest BCUT2D eigenvalue weighted by molar-refractivity contribution is 0.340. The largest absolute Gasteiger partial charge is 0.494 e. The van der Waals surface area contributed by atoms with Crippen LogP contribution in [0.4, 0.5) is 0 Å². The number of hydrogen-bond donors (Lipinski definition) is 1. The molecule has 0 saturated heterocycles. The van der Waals surface area contributed by atoms with E-state index in [1.165, 1.54) is 22.2 Å². The summed E-state index contributed by atoms with van der Waals surface area (Å²) in [6, 6.07) is 6.51. The maximum atomic E-state index is 5.66. The van der Waals surface area contributed by atoms with Gasteiger partial charge in [-0.3, -0.25) is 0 Å². The predicted octanol–water partition coefficient (Wildman–Crippen LogP) is 3.27. The zero-order chi connectivity index (χ0) is 13.4. The molecule has 102 valence electrons. The summed E-state index contributed by atoms with van der Waals surface area (Å²) in [6.07, 6.45) is 0. The van der Waals surface area contributed by atoms with E-state index in [1.807, 2.05) is 6.92 Å². The summed E-state index contributed by atoms with van der Waals surface area (Å²) in [5.41, 5.74) is 4.28. The van der Waals surface area contributed by atoms with Crippen LogP contribution in [0.1, 0.15) is 37.9 Å². The van der Waals surface area contributed by atoms with E-state index in [4.69, 9.17) is 4.74 Å². The predicted molar refractivity (Wildman–Crippen MR) is 78.9 cm³/mol. The summed E-state index contributed by atoms with van der Waals surface area (Å²) in [5, 5.41) is 4.85. The van der Waals surface area contributed by atoms with Gasteiger partial charge in [0.1, 0.15) is 5.75 Å². The molecule has 0 aliphatic carbocycles. The van der Waals surface area contributed by atoms with Crippen LogP contribution >= 0.6 is 0 Å². The first kappa shape index (κ1) is 12.5. The summed E-state index contributed by atoms with van der Waals surface area (Å²) in [6.45, 7) is 10.4. The molecule has 0 fully saturated rings. The number of benzene rings is 1. The number of nitrogens with one attached hydrogen (secondary N) is 1. The molecule has 3 heteroatoms. The number of fused-ring (bicyclic) bond motifs is 3. The smallest absolute Gasteiger partial charge is 0.120 e. The highest BCUT2D eigenvalue weighted by Gasteiger charge is 2.21. The minimum Gasteiger partial charge on any atom is -0.494 e. The molecule has 0 amide bonds. The third-order valence-corrected chi connectivity index (χ3v) is 3.88. The van der Waals surface area contributed by atoms with E-state index >= 15 is 0 Å². The molecule has 2 heterocycles. The molecule has 1 aliphatic heterocycles. The minimum absolute atomic E-state index is 0.538. The van der Waals surface area contributed by atoms with Crippen LogP contribution in [0.2, 0.25) is 0 Å². The second-order valence-corrected chi connectivity index (χ2v) is 5.46. The molecule has 1 aliphatic rings. The Morgan fingerprint density at radius 2 is 2.21 bits per heavy atom. The third-order valence-electron chi connectivity index (χ3n) is 3.88. The average Bonchev–Trinajstić information content (AvgIpc) is 2.72. The van der Waals surface area contributed by atoms with Crippen LogP contribution in [-0.4, -0.2) is 17.7 Å². The number of nitrogens with zero attached hydrogens (tertiary/aromatic N) is 1. The Balaban J connectivity index is 2.24. The quantitative estimate of drug-likeness (QED) is 0.914. The highest BCUT2D eigenvalue weighted by Crippen LogP contribution is 2.35. The minimum atomic E-state index is 0.538. The fourth-order valence-corrected chi connectivity index (χ4v) is 3.16.